The highest BCUT2D eigenvalue weighted by Gasteiger charge is 2.21. The van der Waals surface area contributed by atoms with Crippen molar-refractivity contribution in [3.8, 4) is 0 Å². The Bertz CT molecular complexity index is 484. The summed E-state index contributed by atoms with van der Waals surface area (Å²) >= 11 is 6.09. The van der Waals surface area contributed by atoms with Crippen LogP contribution in [0.25, 0.3) is 0 Å². The van der Waals surface area contributed by atoms with Gasteiger partial charge in [0.15, 0.2) is 0 Å². The molecule has 1 aromatic carbocycles. The van der Waals surface area contributed by atoms with Crippen LogP contribution >= 0.6 is 11.6 Å². The molecule has 122 valence electrons. The van der Waals surface area contributed by atoms with Crippen LogP contribution in [0, 0.1) is 5.92 Å². The molecule has 4 heteroatoms. The fourth-order valence-electron chi connectivity index (χ4n) is 3.07. The minimum Gasteiger partial charge on any atom is -0.352 e. The summed E-state index contributed by atoms with van der Waals surface area (Å²) in [6.45, 7) is 3.66. The van der Waals surface area contributed by atoms with Crippen molar-refractivity contribution in [2.75, 3.05) is 13.6 Å². The van der Waals surface area contributed by atoms with E-state index in [2.05, 4.69) is 24.2 Å². The molecular formula is C18H27ClN2O. The number of nitrogens with one attached hydrogen (secondary N) is 1. The van der Waals surface area contributed by atoms with E-state index in [-0.39, 0.29) is 5.91 Å². The van der Waals surface area contributed by atoms with Crippen molar-refractivity contribution in [2.45, 2.75) is 51.6 Å². The van der Waals surface area contributed by atoms with E-state index in [4.69, 9.17) is 11.6 Å². The molecule has 1 aromatic rings. The van der Waals surface area contributed by atoms with Crippen molar-refractivity contribution in [2.24, 2.45) is 5.92 Å². The Morgan fingerprint density at radius 1 is 1.27 bits per heavy atom. The van der Waals surface area contributed by atoms with E-state index in [1.165, 1.54) is 25.7 Å². The number of hydrogen-bond donors (Lipinski definition) is 1. The maximum atomic E-state index is 12.0. The summed E-state index contributed by atoms with van der Waals surface area (Å²) < 4.78 is 0. The molecule has 0 heterocycles. The molecule has 3 nitrogen and oxygen atoms in total. The third kappa shape index (κ3) is 5.29. The summed E-state index contributed by atoms with van der Waals surface area (Å²) in [6.07, 6.45) is 5.70. The number of carbonyl (C=O) groups excluding carboxylic acids is 1. The molecule has 0 atom stereocenters. The maximum Gasteiger partial charge on any atom is 0.221 e. The van der Waals surface area contributed by atoms with Crippen molar-refractivity contribution < 1.29 is 4.79 Å². The van der Waals surface area contributed by atoms with E-state index in [1.807, 2.05) is 24.3 Å². The average molecular weight is 323 g/mol. The Balaban J connectivity index is 1.68. The first-order chi connectivity index (χ1) is 10.6. The zero-order valence-electron chi connectivity index (χ0n) is 13.6. The summed E-state index contributed by atoms with van der Waals surface area (Å²) in [5.74, 6) is 0.958. The second-order valence-corrected chi connectivity index (χ2v) is 6.92. The fourth-order valence-corrected chi connectivity index (χ4v) is 3.27. The van der Waals surface area contributed by atoms with Gasteiger partial charge in [-0.3, -0.25) is 4.79 Å². The average Bonchev–Trinajstić information content (AvgIpc) is 2.52. The third-order valence-corrected chi connectivity index (χ3v) is 5.10. The van der Waals surface area contributed by atoms with E-state index >= 15 is 0 Å². The van der Waals surface area contributed by atoms with Gasteiger partial charge < -0.3 is 10.2 Å². The lowest BCUT2D eigenvalue weighted by Gasteiger charge is -2.33. The first-order valence-electron chi connectivity index (χ1n) is 8.26. The van der Waals surface area contributed by atoms with E-state index in [0.717, 1.165) is 18.0 Å². The molecule has 0 bridgehead atoms. The summed E-state index contributed by atoms with van der Waals surface area (Å²) in [7, 11) is 2.14. The molecule has 1 fully saturated rings. The molecule has 1 aliphatic rings. The van der Waals surface area contributed by atoms with E-state index < -0.39 is 0 Å². The zero-order chi connectivity index (χ0) is 15.9. The lowest BCUT2D eigenvalue weighted by Crippen LogP contribution is -2.37. The summed E-state index contributed by atoms with van der Waals surface area (Å²) in [5, 5.41) is 3.66. The van der Waals surface area contributed by atoms with Crippen LogP contribution in [0.4, 0.5) is 0 Å². The molecule has 1 amide bonds. The zero-order valence-corrected chi connectivity index (χ0v) is 14.4. The van der Waals surface area contributed by atoms with Crippen LogP contribution in [0.2, 0.25) is 5.02 Å². The van der Waals surface area contributed by atoms with Gasteiger partial charge in [-0.15, -0.1) is 0 Å². The molecule has 0 saturated heterocycles. The predicted octanol–water partition coefficient (Wildman–Crippen LogP) is 3.86. The number of hydrogen-bond acceptors (Lipinski definition) is 2. The van der Waals surface area contributed by atoms with Crippen LogP contribution in [0.15, 0.2) is 24.3 Å². The first kappa shape index (κ1) is 17.3. The standard InChI is InChI=1S/C18H27ClN2O/c1-14-7-9-16(10-8-14)21(2)12-11-18(22)20-13-15-5-3-4-6-17(15)19/h3-6,14,16H,7-13H2,1-2H3,(H,20,22). The summed E-state index contributed by atoms with van der Waals surface area (Å²) in [4.78, 5) is 14.3. The van der Waals surface area contributed by atoms with Crippen LogP contribution in [-0.2, 0) is 11.3 Å². The SMILES string of the molecule is CC1CCC(N(C)CCC(=O)NCc2ccccc2Cl)CC1. The molecular weight excluding hydrogens is 296 g/mol. The lowest BCUT2D eigenvalue weighted by molar-refractivity contribution is -0.121. The highest BCUT2D eigenvalue weighted by molar-refractivity contribution is 6.31. The molecule has 22 heavy (non-hydrogen) atoms. The van der Waals surface area contributed by atoms with Crippen LogP contribution in [0.3, 0.4) is 0 Å². The third-order valence-electron chi connectivity index (χ3n) is 4.73. The van der Waals surface area contributed by atoms with Gasteiger partial charge in [-0.1, -0.05) is 36.7 Å². The molecule has 1 N–H and O–H groups in total. The highest BCUT2D eigenvalue weighted by atomic mass is 35.5. The Hall–Kier alpha value is -1.06. The van der Waals surface area contributed by atoms with Crippen LogP contribution in [-0.4, -0.2) is 30.4 Å². The summed E-state index contributed by atoms with van der Waals surface area (Å²) in [5.41, 5.74) is 0.965. The molecule has 0 aromatic heterocycles. The minimum atomic E-state index is 0.0935. The Labute approximate surface area is 139 Å². The van der Waals surface area contributed by atoms with Gasteiger partial charge in [-0.25, -0.2) is 0 Å². The van der Waals surface area contributed by atoms with Gasteiger partial charge in [-0.05, 0) is 50.3 Å². The molecule has 2 rings (SSSR count). The van der Waals surface area contributed by atoms with Crippen molar-refractivity contribution in [3.63, 3.8) is 0 Å². The van der Waals surface area contributed by atoms with Gasteiger partial charge in [0, 0.05) is 30.6 Å². The number of amides is 1. The lowest BCUT2D eigenvalue weighted by atomic mass is 9.87. The minimum absolute atomic E-state index is 0.0935. The highest BCUT2D eigenvalue weighted by Crippen LogP contribution is 2.26. The number of halogens is 1. The van der Waals surface area contributed by atoms with E-state index in [0.29, 0.717) is 24.0 Å². The van der Waals surface area contributed by atoms with Gasteiger partial charge >= 0.3 is 0 Å². The molecule has 1 saturated carbocycles. The van der Waals surface area contributed by atoms with Crippen LogP contribution < -0.4 is 5.32 Å². The molecule has 0 unspecified atom stereocenters. The van der Waals surface area contributed by atoms with Gasteiger partial charge in [0.05, 0.1) is 0 Å². The van der Waals surface area contributed by atoms with E-state index in [9.17, 15) is 4.79 Å². The second kappa shape index (κ2) is 8.54. The smallest absolute Gasteiger partial charge is 0.221 e. The van der Waals surface area contributed by atoms with Gasteiger partial charge in [-0.2, -0.15) is 0 Å². The fraction of sp³-hybridized carbons (Fsp3) is 0.611. The summed E-state index contributed by atoms with van der Waals surface area (Å²) in [6, 6.07) is 8.27. The number of carbonyl (C=O) groups is 1. The number of rotatable bonds is 6. The molecule has 0 radical (unpaired) electrons. The maximum absolute atomic E-state index is 12.0. The topological polar surface area (TPSA) is 32.3 Å². The van der Waals surface area contributed by atoms with Crippen molar-refractivity contribution in [1.29, 1.82) is 0 Å². The van der Waals surface area contributed by atoms with Crippen molar-refractivity contribution in [3.05, 3.63) is 34.9 Å². The van der Waals surface area contributed by atoms with Crippen molar-refractivity contribution in [1.82, 2.24) is 10.2 Å². The number of nitrogens with zero attached hydrogens (tertiary/aromatic N) is 1. The monoisotopic (exact) mass is 322 g/mol. The molecule has 0 spiro atoms. The first-order valence-corrected chi connectivity index (χ1v) is 8.64. The molecule has 1 aliphatic carbocycles. The molecule has 0 aliphatic heterocycles. The Morgan fingerprint density at radius 3 is 2.64 bits per heavy atom. The van der Waals surface area contributed by atoms with Crippen LogP contribution in [0.1, 0.15) is 44.6 Å². The predicted molar refractivity (Wildman–Crippen MR) is 92.0 cm³/mol. The Morgan fingerprint density at radius 2 is 1.95 bits per heavy atom. The van der Waals surface area contributed by atoms with Gasteiger partial charge in [0.1, 0.15) is 0 Å². The van der Waals surface area contributed by atoms with E-state index in [1.54, 1.807) is 0 Å². The quantitative estimate of drug-likeness (QED) is 0.862. The number of benzene rings is 1. The van der Waals surface area contributed by atoms with Crippen LogP contribution in [0.5, 0.6) is 0 Å². The second-order valence-electron chi connectivity index (χ2n) is 6.51. The normalized spacial score (nSPS) is 21.8. The Kier molecular flexibility index (Phi) is 6.71. The largest absolute Gasteiger partial charge is 0.352 e. The van der Waals surface area contributed by atoms with Crippen molar-refractivity contribution >= 4 is 17.5 Å². The van der Waals surface area contributed by atoms with Gasteiger partial charge in [0.25, 0.3) is 0 Å². The van der Waals surface area contributed by atoms with Gasteiger partial charge in [0.2, 0.25) is 5.91 Å².